The summed E-state index contributed by atoms with van der Waals surface area (Å²) in [6, 6.07) is 15.7. The first kappa shape index (κ1) is 28.6. The Labute approximate surface area is 201 Å². The van der Waals surface area contributed by atoms with Crippen molar-refractivity contribution in [2.24, 2.45) is 5.92 Å². The van der Waals surface area contributed by atoms with Gasteiger partial charge < -0.3 is 9.84 Å². The first-order valence-corrected chi connectivity index (χ1v) is 12.6. The number of unbranched alkanes of at least 4 members (excludes halogenated alkanes) is 2. The lowest BCUT2D eigenvalue weighted by molar-refractivity contribution is -0.114. The van der Waals surface area contributed by atoms with Crippen LogP contribution in [0.1, 0.15) is 82.9 Å². The van der Waals surface area contributed by atoms with Gasteiger partial charge in [-0.25, -0.2) is 0 Å². The Morgan fingerprint density at radius 1 is 0.970 bits per heavy atom. The number of ether oxygens (including phenoxy) is 1. The van der Waals surface area contributed by atoms with E-state index in [2.05, 4.69) is 38.1 Å². The van der Waals surface area contributed by atoms with E-state index < -0.39 is 0 Å². The van der Waals surface area contributed by atoms with Gasteiger partial charge in [0, 0.05) is 20.1 Å². The molecule has 0 spiro atoms. The minimum atomic E-state index is 0.253. The SMILES string of the molecule is CC.CC1CCC(=O)/C1=C\c1ccc(O)cc1.CCCCCc1ccccc1CCCOC. The molecular weight excluding hydrogens is 408 g/mol. The van der Waals surface area contributed by atoms with Crippen molar-refractivity contribution in [1.29, 1.82) is 0 Å². The van der Waals surface area contributed by atoms with E-state index >= 15 is 0 Å². The molecule has 0 bridgehead atoms. The van der Waals surface area contributed by atoms with Gasteiger partial charge in [0.05, 0.1) is 0 Å². The van der Waals surface area contributed by atoms with Crippen LogP contribution in [-0.4, -0.2) is 24.6 Å². The number of methoxy groups -OCH3 is 1. The number of allylic oxidation sites excluding steroid dienone is 1. The van der Waals surface area contributed by atoms with Gasteiger partial charge in [0.2, 0.25) is 0 Å². The summed E-state index contributed by atoms with van der Waals surface area (Å²) >= 11 is 0. The zero-order valence-corrected chi connectivity index (χ0v) is 21.4. The molecular formula is C30H44O3. The molecule has 182 valence electrons. The van der Waals surface area contributed by atoms with Crippen molar-refractivity contribution >= 4 is 11.9 Å². The van der Waals surface area contributed by atoms with Crippen LogP contribution in [0.2, 0.25) is 0 Å². The average Bonchev–Trinajstić information content (AvgIpc) is 3.15. The van der Waals surface area contributed by atoms with Crippen molar-refractivity contribution in [3.05, 3.63) is 70.8 Å². The minimum absolute atomic E-state index is 0.253. The molecule has 0 aliphatic heterocycles. The van der Waals surface area contributed by atoms with Crippen LogP contribution in [0.3, 0.4) is 0 Å². The molecule has 3 heteroatoms. The summed E-state index contributed by atoms with van der Waals surface area (Å²) in [5.74, 6) is 0.879. The van der Waals surface area contributed by atoms with Crippen LogP contribution < -0.4 is 0 Å². The number of phenolic OH excluding ortho intramolecular Hbond substituents is 1. The van der Waals surface area contributed by atoms with Gasteiger partial charge in [0.25, 0.3) is 0 Å². The molecule has 0 aromatic heterocycles. The van der Waals surface area contributed by atoms with Gasteiger partial charge in [-0.2, -0.15) is 0 Å². The van der Waals surface area contributed by atoms with Gasteiger partial charge in [-0.05, 0) is 78.5 Å². The maximum absolute atomic E-state index is 11.5. The fourth-order valence-corrected chi connectivity index (χ4v) is 3.91. The third-order valence-electron chi connectivity index (χ3n) is 5.84. The summed E-state index contributed by atoms with van der Waals surface area (Å²) in [6.07, 6.45) is 11.0. The first-order chi connectivity index (χ1) is 16.0. The second-order valence-electron chi connectivity index (χ2n) is 8.38. The highest BCUT2D eigenvalue weighted by atomic mass is 16.5. The summed E-state index contributed by atoms with van der Waals surface area (Å²) < 4.78 is 5.10. The molecule has 2 aromatic rings. The largest absolute Gasteiger partial charge is 0.508 e. The molecule has 1 N–H and O–H groups in total. The number of ketones is 1. The highest BCUT2D eigenvalue weighted by Gasteiger charge is 2.24. The van der Waals surface area contributed by atoms with Crippen LogP contribution in [0.25, 0.3) is 6.08 Å². The Morgan fingerprint density at radius 3 is 2.09 bits per heavy atom. The topological polar surface area (TPSA) is 46.5 Å². The molecule has 1 fully saturated rings. The van der Waals surface area contributed by atoms with E-state index in [0.29, 0.717) is 12.3 Å². The number of hydrogen-bond acceptors (Lipinski definition) is 3. The standard InChI is InChI=1S/C15H24O.C13H14O2.C2H6/c1-3-4-5-9-14-10-6-7-11-15(14)12-8-13-16-2;1-9-2-7-13(15)12(9)8-10-3-5-11(14)6-4-10;1-2/h6-7,10-11H,3-5,8-9,12-13H2,1-2H3;3-6,8-9,14H,2,7H2,1H3;1-2H3/b;12-8-;. The zero-order valence-electron chi connectivity index (χ0n) is 21.4. The summed E-state index contributed by atoms with van der Waals surface area (Å²) in [6.45, 7) is 9.20. The average molecular weight is 453 g/mol. The Bertz CT molecular complexity index is 792. The number of Topliss-reactive ketones (excluding diaryl/α,β-unsaturated/α-hetero) is 1. The number of aryl methyl sites for hydroxylation is 2. The number of benzene rings is 2. The summed E-state index contributed by atoms with van der Waals surface area (Å²) in [4.78, 5) is 11.5. The van der Waals surface area contributed by atoms with Crippen LogP contribution in [0.5, 0.6) is 5.75 Å². The van der Waals surface area contributed by atoms with Gasteiger partial charge in [-0.1, -0.05) is 76.9 Å². The van der Waals surface area contributed by atoms with Crippen molar-refractivity contribution < 1.29 is 14.6 Å². The second kappa shape index (κ2) is 17.1. The Morgan fingerprint density at radius 2 is 1.58 bits per heavy atom. The van der Waals surface area contributed by atoms with Gasteiger partial charge >= 0.3 is 0 Å². The highest BCUT2D eigenvalue weighted by molar-refractivity contribution is 6.01. The van der Waals surface area contributed by atoms with E-state index in [0.717, 1.165) is 37.0 Å². The van der Waals surface area contributed by atoms with Gasteiger partial charge in [-0.3, -0.25) is 4.79 Å². The number of rotatable bonds is 9. The number of carbonyl (C=O) groups is 1. The predicted octanol–water partition coefficient (Wildman–Crippen LogP) is 7.80. The third-order valence-corrected chi connectivity index (χ3v) is 5.84. The minimum Gasteiger partial charge on any atom is -0.508 e. The first-order valence-electron chi connectivity index (χ1n) is 12.6. The molecule has 3 nitrogen and oxygen atoms in total. The van der Waals surface area contributed by atoms with Gasteiger partial charge in [-0.15, -0.1) is 0 Å². The third kappa shape index (κ3) is 10.9. The van der Waals surface area contributed by atoms with Crippen LogP contribution >= 0.6 is 0 Å². The number of aromatic hydroxyl groups is 1. The van der Waals surface area contributed by atoms with Gasteiger partial charge in [0.15, 0.2) is 5.78 Å². The monoisotopic (exact) mass is 452 g/mol. The van der Waals surface area contributed by atoms with Gasteiger partial charge in [0.1, 0.15) is 5.75 Å². The fourth-order valence-electron chi connectivity index (χ4n) is 3.91. The molecule has 1 aliphatic rings. The maximum atomic E-state index is 11.5. The Kier molecular flexibility index (Phi) is 14.9. The summed E-state index contributed by atoms with van der Waals surface area (Å²) in [5.41, 5.74) is 4.94. The molecule has 1 unspecified atom stereocenters. The molecule has 33 heavy (non-hydrogen) atoms. The molecule has 0 heterocycles. The quantitative estimate of drug-likeness (QED) is 0.312. The van der Waals surface area contributed by atoms with Crippen LogP contribution in [0.4, 0.5) is 0 Å². The van der Waals surface area contributed by atoms with Crippen molar-refractivity contribution in [1.82, 2.24) is 0 Å². The van der Waals surface area contributed by atoms with E-state index in [-0.39, 0.29) is 11.5 Å². The zero-order chi connectivity index (χ0) is 24.5. The predicted molar refractivity (Wildman–Crippen MR) is 141 cm³/mol. The lowest BCUT2D eigenvalue weighted by atomic mass is 9.98. The van der Waals surface area contributed by atoms with Crippen LogP contribution in [0, 0.1) is 5.92 Å². The molecule has 0 amide bonds. The lowest BCUT2D eigenvalue weighted by Crippen LogP contribution is -1.97. The number of hydrogen-bond donors (Lipinski definition) is 1. The smallest absolute Gasteiger partial charge is 0.159 e. The van der Waals surface area contributed by atoms with Crippen LogP contribution in [0.15, 0.2) is 54.1 Å². The van der Waals surface area contributed by atoms with E-state index in [9.17, 15) is 4.79 Å². The molecule has 0 saturated heterocycles. The van der Waals surface area contributed by atoms with Crippen molar-refractivity contribution in [3.8, 4) is 5.75 Å². The molecule has 1 aliphatic carbocycles. The van der Waals surface area contributed by atoms with E-state index in [1.54, 1.807) is 19.2 Å². The molecule has 0 radical (unpaired) electrons. The Balaban J connectivity index is 0.000000307. The van der Waals surface area contributed by atoms with Crippen molar-refractivity contribution in [3.63, 3.8) is 0 Å². The normalized spacial score (nSPS) is 16.1. The van der Waals surface area contributed by atoms with E-state index in [1.165, 1.54) is 36.8 Å². The van der Waals surface area contributed by atoms with Crippen LogP contribution in [-0.2, 0) is 22.4 Å². The maximum Gasteiger partial charge on any atom is 0.159 e. The number of carbonyl (C=O) groups excluding carboxylic acids is 1. The summed E-state index contributed by atoms with van der Waals surface area (Å²) in [7, 11) is 1.77. The fraction of sp³-hybridized carbons (Fsp3) is 0.500. The Hall–Kier alpha value is -2.39. The van der Waals surface area contributed by atoms with E-state index in [4.69, 9.17) is 9.84 Å². The van der Waals surface area contributed by atoms with Crippen molar-refractivity contribution in [2.45, 2.75) is 79.1 Å². The van der Waals surface area contributed by atoms with Crippen molar-refractivity contribution in [2.75, 3.05) is 13.7 Å². The molecule has 2 aromatic carbocycles. The highest BCUT2D eigenvalue weighted by Crippen LogP contribution is 2.29. The lowest BCUT2D eigenvalue weighted by Gasteiger charge is -2.08. The number of phenols is 1. The molecule has 3 rings (SSSR count). The van der Waals surface area contributed by atoms with E-state index in [1.807, 2.05) is 32.1 Å². The second-order valence-corrected chi connectivity index (χ2v) is 8.38. The molecule has 1 saturated carbocycles. The summed E-state index contributed by atoms with van der Waals surface area (Å²) in [5, 5.41) is 9.13. The molecule has 1 atom stereocenters.